The van der Waals surface area contributed by atoms with Crippen LogP contribution < -0.4 is 10.4 Å². The minimum Gasteiger partial charge on any atom is -0.486 e. The molecule has 0 bridgehead atoms. The first-order chi connectivity index (χ1) is 14.0. The molecule has 0 radical (unpaired) electrons. The Balaban J connectivity index is 1.35. The van der Waals surface area contributed by atoms with E-state index in [1.54, 1.807) is 12.1 Å². The van der Waals surface area contributed by atoms with E-state index in [2.05, 4.69) is 0 Å². The van der Waals surface area contributed by atoms with Crippen LogP contribution in [0.1, 0.15) is 32.1 Å². The molecule has 1 aromatic carbocycles. The quantitative estimate of drug-likeness (QED) is 0.338. The number of imide groups is 1. The number of fused-ring (bicyclic) bond motifs is 2. The molecule has 4 rings (SSSR count). The summed E-state index contributed by atoms with van der Waals surface area (Å²) in [6.07, 6.45) is 2.58. The molecule has 9 nitrogen and oxygen atoms in total. The lowest BCUT2D eigenvalue weighted by Gasteiger charge is -2.12. The van der Waals surface area contributed by atoms with Gasteiger partial charge in [-0.15, -0.1) is 5.06 Å². The fourth-order valence-electron chi connectivity index (χ4n) is 3.09. The molecule has 9 heteroatoms. The number of furan rings is 1. The molecule has 0 atom stereocenters. The van der Waals surface area contributed by atoms with Gasteiger partial charge >= 0.3 is 11.6 Å². The largest absolute Gasteiger partial charge is 0.486 e. The molecule has 150 valence electrons. The molecule has 1 aliphatic heterocycles. The molecule has 2 amide bonds. The Morgan fingerprint density at radius 2 is 1.76 bits per heavy atom. The molecule has 0 spiro atoms. The molecule has 0 N–H and O–H groups in total. The van der Waals surface area contributed by atoms with E-state index in [-0.39, 0.29) is 25.9 Å². The van der Waals surface area contributed by atoms with Gasteiger partial charge < -0.3 is 18.4 Å². The van der Waals surface area contributed by atoms with Crippen LogP contribution in [0.5, 0.6) is 5.75 Å². The van der Waals surface area contributed by atoms with E-state index >= 15 is 0 Å². The van der Waals surface area contributed by atoms with Crippen molar-refractivity contribution in [1.82, 2.24) is 5.06 Å². The number of ether oxygens (including phenoxy) is 1. The molecule has 0 unspecified atom stereocenters. The minimum absolute atomic E-state index is 0.0290. The SMILES string of the molecule is O=C(CCCCOc1c2occc2cc2ccc(=O)oc12)ON1C(=O)CCC1=O. The molecule has 1 aliphatic rings. The van der Waals surface area contributed by atoms with Crippen molar-refractivity contribution in [3.05, 3.63) is 40.9 Å². The van der Waals surface area contributed by atoms with Crippen molar-refractivity contribution in [1.29, 1.82) is 0 Å². The monoisotopic (exact) mass is 399 g/mol. The van der Waals surface area contributed by atoms with Crippen LogP contribution in [0.25, 0.3) is 21.9 Å². The zero-order valence-electron chi connectivity index (χ0n) is 15.3. The molecule has 1 fully saturated rings. The average molecular weight is 399 g/mol. The van der Waals surface area contributed by atoms with Crippen LogP contribution in [0.3, 0.4) is 0 Å². The summed E-state index contributed by atoms with van der Waals surface area (Å²) in [5.41, 5.74) is 0.268. The Morgan fingerprint density at radius 3 is 2.55 bits per heavy atom. The highest BCUT2D eigenvalue weighted by molar-refractivity contribution is 6.01. The van der Waals surface area contributed by atoms with Crippen LogP contribution in [0.15, 0.2) is 44.2 Å². The number of carbonyl (C=O) groups is 3. The van der Waals surface area contributed by atoms with Crippen LogP contribution >= 0.6 is 0 Å². The van der Waals surface area contributed by atoms with Crippen molar-refractivity contribution >= 4 is 39.7 Å². The Morgan fingerprint density at radius 1 is 1.00 bits per heavy atom. The summed E-state index contributed by atoms with van der Waals surface area (Å²) >= 11 is 0. The number of hydrogen-bond donors (Lipinski definition) is 0. The Kier molecular flexibility index (Phi) is 5.03. The maximum Gasteiger partial charge on any atom is 0.336 e. The summed E-state index contributed by atoms with van der Waals surface area (Å²) in [5, 5.41) is 2.05. The van der Waals surface area contributed by atoms with E-state index in [4.69, 9.17) is 18.4 Å². The second-order valence-electron chi connectivity index (χ2n) is 6.57. The maximum atomic E-state index is 11.8. The van der Waals surface area contributed by atoms with Gasteiger partial charge in [0.2, 0.25) is 5.75 Å². The fourth-order valence-corrected chi connectivity index (χ4v) is 3.09. The molecule has 0 aliphatic carbocycles. The Hall–Kier alpha value is -3.62. The Bertz CT molecular complexity index is 1140. The number of unbranched alkanes of at least 4 members (excludes halogenated alkanes) is 1. The zero-order chi connectivity index (χ0) is 20.4. The highest BCUT2D eigenvalue weighted by Crippen LogP contribution is 2.35. The van der Waals surface area contributed by atoms with Gasteiger partial charge in [-0.1, -0.05) is 0 Å². The number of hydrogen-bond acceptors (Lipinski definition) is 8. The second kappa shape index (κ2) is 7.78. The summed E-state index contributed by atoms with van der Waals surface area (Å²) in [7, 11) is 0. The van der Waals surface area contributed by atoms with Gasteiger partial charge in [-0.25, -0.2) is 9.59 Å². The molecule has 1 saturated heterocycles. The standard InChI is InChI=1S/C20H17NO8/c22-14-5-6-15(23)21(14)29-17(25)3-1-2-9-26-20-18-13(8-10-27-18)11-12-4-7-16(24)28-19(12)20/h4,7-8,10-11H,1-3,5-6,9H2. The number of carbonyl (C=O) groups excluding carboxylic acids is 3. The van der Waals surface area contributed by atoms with E-state index in [9.17, 15) is 19.2 Å². The first-order valence-corrected chi connectivity index (χ1v) is 9.16. The van der Waals surface area contributed by atoms with E-state index in [0.717, 1.165) is 5.39 Å². The van der Waals surface area contributed by atoms with Gasteiger partial charge in [0.25, 0.3) is 11.8 Å². The first kappa shape index (κ1) is 18.7. The summed E-state index contributed by atoms with van der Waals surface area (Å²) in [6, 6.07) is 6.60. The first-order valence-electron chi connectivity index (χ1n) is 9.16. The normalized spacial score (nSPS) is 14.1. The van der Waals surface area contributed by atoms with Gasteiger partial charge in [-0.05, 0) is 31.0 Å². The lowest BCUT2D eigenvalue weighted by molar-refractivity contribution is -0.197. The van der Waals surface area contributed by atoms with Gasteiger partial charge in [-0.2, -0.15) is 0 Å². The van der Waals surface area contributed by atoms with Gasteiger partial charge in [0, 0.05) is 36.1 Å². The van der Waals surface area contributed by atoms with Crippen molar-refractivity contribution in [2.45, 2.75) is 32.1 Å². The third kappa shape index (κ3) is 3.84. The summed E-state index contributed by atoms with van der Waals surface area (Å²) in [5.74, 6) is -1.34. The summed E-state index contributed by atoms with van der Waals surface area (Å²) in [6.45, 7) is 0.238. The number of benzene rings is 1. The topological polar surface area (TPSA) is 116 Å². The lowest BCUT2D eigenvalue weighted by Crippen LogP contribution is -2.31. The maximum absolute atomic E-state index is 11.8. The number of amides is 2. The predicted octanol–water partition coefficient (Wildman–Crippen LogP) is 2.70. The van der Waals surface area contributed by atoms with Crippen LogP contribution in [0.4, 0.5) is 0 Å². The molecule has 2 aromatic heterocycles. The van der Waals surface area contributed by atoms with E-state index in [0.29, 0.717) is 40.2 Å². The van der Waals surface area contributed by atoms with Gasteiger partial charge in [0.05, 0.1) is 12.9 Å². The van der Waals surface area contributed by atoms with E-state index in [1.165, 1.54) is 12.3 Å². The fraction of sp³-hybridized carbons (Fsp3) is 0.300. The zero-order valence-corrected chi connectivity index (χ0v) is 15.3. The Labute approximate surface area is 163 Å². The third-order valence-corrected chi connectivity index (χ3v) is 4.50. The van der Waals surface area contributed by atoms with Crippen molar-refractivity contribution in [3.63, 3.8) is 0 Å². The molecular weight excluding hydrogens is 382 g/mol. The molecule has 3 heterocycles. The number of hydroxylamine groups is 2. The summed E-state index contributed by atoms with van der Waals surface area (Å²) < 4.78 is 16.5. The number of rotatable bonds is 7. The lowest BCUT2D eigenvalue weighted by atomic mass is 10.1. The van der Waals surface area contributed by atoms with Gasteiger partial charge in [0.1, 0.15) is 0 Å². The molecule has 3 aromatic rings. The highest BCUT2D eigenvalue weighted by Gasteiger charge is 2.32. The van der Waals surface area contributed by atoms with Gasteiger partial charge in [0.15, 0.2) is 11.2 Å². The summed E-state index contributed by atoms with van der Waals surface area (Å²) in [4.78, 5) is 51.1. The minimum atomic E-state index is -0.654. The third-order valence-electron chi connectivity index (χ3n) is 4.50. The van der Waals surface area contributed by atoms with Crippen LogP contribution in [-0.4, -0.2) is 29.5 Å². The van der Waals surface area contributed by atoms with Crippen LogP contribution in [0, 0.1) is 0 Å². The van der Waals surface area contributed by atoms with Crippen LogP contribution in [-0.2, 0) is 19.2 Å². The second-order valence-corrected chi connectivity index (χ2v) is 6.57. The van der Waals surface area contributed by atoms with E-state index in [1.807, 2.05) is 6.07 Å². The smallest absolute Gasteiger partial charge is 0.336 e. The molecule has 29 heavy (non-hydrogen) atoms. The van der Waals surface area contributed by atoms with E-state index < -0.39 is 23.4 Å². The number of nitrogens with zero attached hydrogens (tertiary/aromatic N) is 1. The molecule has 0 saturated carbocycles. The average Bonchev–Trinajstić information content (AvgIpc) is 3.29. The highest BCUT2D eigenvalue weighted by atomic mass is 16.7. The van der Waals surface area contributed by atoms with Crippen molar-refractivity contribution < 1.29 is 32.8 Å². The van der Waals surface area contributed by atoms with Gasteiger partial charge in [-0.3, -0.25) is 9.59 Å². The van der Waals surface area contributed by atoms with Crippen molar-refractivity contribution in [3.8, 4) is 5.75 Å². The van der Waals surface area contributed by atoms with Crippen LogP contribution in [0.2, 0.25) is 0 Å². The van der Waals surface area contributed by atoms with Crippen molar-refractivity contribution in [2.24, 2.45) is 0 Å². The predicted molar refractivity (Wildman–Crippen MR) is 98.8 cm³/mol. The van der Waals surface area contributed by atoms with Crippen molar-refractivity contribution in [2.75, 3.05) is 6.61 Å². The molecular formula is C20H17NO8.